The van der Waals surface area contributed by atoms with Gasteiger partial charge in [0.15, 0.2) is 0 Å². The summed E-state index contributed by atoms with van der Waals surface area (Å²) in [7, 11) is 0. The third-order valence-corrected chi connectivity index (χ3v) is 10.8. The monoisotopic (exact) mass is 719 g/mol. The lowest BCUT2D eigenvalue weighted by molar-refractivity contribution is 1.18. The maximum atomic E-state index is 9.88. The molecule has 9 aromatic carbocycles. The minimum absolute atomic E-state index is 0.0785. The Morgan fingerprint density at radius 2 is 0.911 bits per heavy atom. The summed E-state index contributed by atoms with van der Waals surface area (Å²) >= 11 is 0. The van der Waals surface area contributed by atoms with Gasteiger partial charge in [0.25, 0.3) is 0 Å². The zero-order chi connectivity index (χ0) is 43.1. The second-order valence-electron chi connectivity index (χ2n) is 14.0. The predicted octanol–water partition coefficient (Wildman–Crippen LogP) is 14.5. The quantitative estimate of drug-likeness (QED) is 0.162. The molecule has 2 aromatic heterocycles. The van der Waals surface area contributed by atoms with Crippen LogP contribution in [-0.2, 0) is 0 Å². The zero-order valence-corrected chi connectivity index (χ0v) is 30.1. The van der Waals surface area contributed by atoms with Crippen LogP contribution in [0.3, 0.4) is 0 Å². The van der Waals surface area contributed by atoms with Crippen LogP contribution in [0.5, 0.6) is 0 Å². The molecule has 0 spiro atoms. The lowest BCUT2D eigenvalue weighted by Gasteiger charge is -2.12. The average Bonchev–Trinajstić information content (AvgIpc) is 3.87. The van der Waals surface area contributed by atoms with Gasteiger partial charge in [-0.15, -0.1) is 0 Å². The Labute approximate surface area is 335 Å². The lowest BCUT2D eigenvalue weighted by atomic mass is 9.99. The van der Waals surface area contributed by atoms with Crippen LogP contribution in [-0.4, -0.2) is 9.13 Å². The first-order valence-electron chi connectivity index (χ1n) is 22.2. The third-order valence-electron chi connectivity index (χ3n) is 10.8. The zero-order valence-electron chi connectivity index (χ0n) is 37.1. The largest absolute Gasteiger partial charge is 0.309 e. The van der Waals surface area contributed by atoms with E-state index in [1.807, 2.05) is 115 Å². The Kier molecular flexibility index (Phi) is 6.01. The molecule has 0 aliphatic rings. The van der Waals surface area contributed by atoms with E-state index in [0.717, 1.165) is 60.9 Å². The van der Waals surface area contributed by atoms with Gasteiger partial charge in [-0.2, -0.15) is 0 Å². The van der Waals surface area contributed by atoms with E-state index in [-0.39, 0.29) is 57.6 Å². The average molecular weight is 720 g/mol. The van der Waals surface area contributed by atoms with Crippen LogP contribution in [0.25, 0.3) is 99.5 Å². The standard InChI is InChI=1S/C54H36N2/c1-4-14-37(15-5-1)40-18-12-19-41(34-40)38-26-30-45(31-27-38)55-51-25-11-10-22-47(51)49-35-42(28-32-52(49)55)43-29-33-53-50(36-43)48-24-13-23-46(39-16-6-2-7-17-39)54(48)56(53)44-20-8-3-9-21-44/h1-36H/i10D,11D,22D,25D,28D,32D,35D. The van der Waals surface area contributed by atoms with Crippen molar-refractivity contribution in [3.63, 3.8) is 0 Å². The Hall–Kier alpha value is -7.42. The van der Waals surface area contributed by atoms with Gasteiger partial charge in [0, 0.05) is 38.5 Å². The fourth-order valence-corrected chi connectivity index (χ4v) is 8.15. The van der Waals surface area contributed by atoms with Crippen LogP contribution < -0.4 is 0 Å². The molecule has 0 fully saturated rings. The topological polar surface area (TPSA) is 9.86 Å². The van der Waals surface area contributed by atoms with Gasteiger partial charge in [0.1, 0.15) is 0 Å². The first-order chi connectivity index (χ1) is 30.7. The highest BCUT2D eigenvalue weighted by Gasteiger charge is 2.18. The van der Waals surface area contributed by atoms with Crippen molar-refractivity contribution in [1.82, 2.24) is 9.13 Å². The molecule has 2 heterocycles. The van der Waals surface area contributed by atoms with E-state index in [1.165, 1.54) is 0 Å². The molecule has 2 heteroatoms. The number of aromatic nitrogens is 2. The van der Waals surface area contributed by atoms with E-state index in [4.69, 9.17) is 2.74 Å². The van der Waals surface area contributed by atoms with Crippen LogP contribution in [0.1, 0.15) is 9.60 Å². The van der Waals surface area contributed by atoms with Crippen molar-refractivity contribution in [2.24, 2.45) is 0 Å². The molecule has 0 saturated carbocycles. The molecule has 0 aliphatic heterocycles. The molecule has 0 atom stereocenters. The molecule has 0 aliphatic carbocycles. The summed E-state index contributed by atoms with van der Waals surface area (Å²) in [5, 5.41) is 2.24. The van der Waals surface area contributed by atoms with Crippen molar-refractivity contribution in [2.45, 2.75) is 0 Å². The summed E-state index contributed by atoms with van der Waals surface area (Å²) in [6.45, 7) is 0. The van der Waals surface area contributed by atoms with Gasteiger partial charge in [0.05, 0.1) is 31.7 Å². The molecule has 0 radical (unpaired) electrons. The van der Waals surface area contributed by atoms with E-state index >= 15 is 0 Å². The molecule has 11 aromatic rings. The van der Waals surface area contributed by atoms with Crippen LogP contribution in [0.15, 0.2) is 218 Å². The van der Waals surface area contributed by atoms with Gasteiger partial charge in [-0.05, 0) is 99.5 Å². The molecule has 0 N–H and O–H groups in total. The Bertz CT molecular complexity index is 3620. The summed E-state index contributed by atoms with van der Waals surface area (Å²) in [5.74, 6) is 0. The molecule has 0 amide bonds. The second kappa shape index (κ2) is 13.2. The molecular formula is C54H36N2. The predicted molar refractivity (Wildman–Crippen MR) is 237 cm³/mol. The second-order valence-corrected chi connectivity index (χ2v) is 14.0. The van der Waals surface area contributed by atoms with Crippen molar-refractivity contribution in [3.05, 3.63) is 218 Å². The number of hydrogen-bond donors (Lipinski definition) is 0. The van der Waals surface area contributed by atoms with E-state index in [9.17, 15) is 6.85 Å². The Morgan fingerprint density at radius 1 is 0.321 bits per heavy atom. The molecule has 56 heavy (non-hydrogen) atoms. The van der Waals surface area contributed by atoms with Crippen LogP contribution in [0.4, 0.5) is 0 Å². The van der Waals surface area contributed by atoms with Crippen molar-refractivity contribution in [1.29, 1.82) is 0 Å². The first kappa shape index (κ1) is 25.6. The summed E-state index contributed by atoms with van der Waals surface area (Å²) in [6, 6.07) is 56.8. The number of benzene rings is 9. The number of para-hydroxylation sites is 3. The fourth-order valence-electron chi connectivity index (χ4n) is 8.15. The van der Waals surface area contributed by atoms with Gasteiger partial charge < -0.3 is 9.13 Å². The summed E-state index contributed by atoms with van der Waals surface area (Å²) < 4.78 is 68.8. The van der Waals surface area contributed by atoms with Crippen molar-refractivity contribution >= 4 is 43.6 Å². The van der Waals surface area contributed by atoms with E-state index in [2.05, 4.69) is 65.2 Å². The Morgan fingerprint density at radius 3 is 1.68 bits per heavy atom. The smallest absolute Gasteiger partial charge is 0.0645 e. The maximum Gasteiger partial charge on any atom is 0.0645 e. The molecule has 2 nitrogen and oxygen atoms in total. The van der Waals surface area contributed by atoms with Gasteiger partial charge in [-0.25, -0.2) is 0 Å². The normalized spacial score (nSPS) is 13.3. The SMILES string of the molecule is [2H]c1c([2H])c([2H])c2c(c1[2H])c1c([2H])c(-c3ccc4c(c3)c3cccc(-c5ccccc5)c3n4-c3ccccc3)c([2H])c([2H])c1n2-c1ccc(-c2cccc(-c3ccccc3)c2)cc1. The van der Waals surface area contributed by atoms with Crippen LogP contribution in [0.2, 0.25) is 0 Å². The van der Waals surface area contributed by atoms with E-state index in [1.54, 1.807) is 4.57 Å². The number of hydrogen-bond acceptors (Lipinski definition) is 0. The molecule has 0 unspecified atom stereocenters. The summed E-state index contributed by atoms with van der Waals surface area (Å²) in [6.07, 6.45) is 0. The highest BCUT2D eigenvalue weighted by atomic mass is 15.0. The van der Waals surface area contributed by atoms with E-state index in [0.29, 0.717) is 11.3 Å². The Balaban J connectivity index is 1.14. The number of fused-ring (bicyclic) bond motifs is 6. The molecule has 11 rings (SSSR count). The fraction of sp³-hybridized carbons (Fsp3) is 0. The van der Waals surface area contributed by atoms with Crippen molar-refractivity contribution in [3.8, 4) is 55.9 Å². The highest BCUT2D eigenvalue weighted by Crippen LogP contribution is 2.41. The third kappa shape index (κ3) is 5.26. The minimum Gasteiger partial charge on any atom is -0.309 e. The van der Waals surface area contributed by atoms with Crippen LogP contribution >= 0.6 is 0 Å². The van der Waals surface area contributed by atoms with Crippen molar-refractivity contribution < 1.29 is 9.60 Å². The van der Waals surface area contributed by atoms with E-state index < -0.39 is 12.1 Å². The van der Waals surface area contributed by atoms with Gasteiger partial charge >= 0.3 is 0 Å². The summed E-state index contributed by atoms with van der Waals surface area (Å²) in [5.41, 5.74) is 10.9. The minimum atomic E-state index is -0.424. The molecule has 0 bridgehead atoms. The summed E-state index contributed by atoms with van der Waals surface area (Å²) in [4.78, 5) is 0. The molecular weight excluding hydrogens is 677 g/mol. The van der Waals surface area contributed by atoms with Gasteiger partial charge in [0.2, 0.25) is 0 Å². The number of rotatable bonds is 6. The molecule has 262 valence electrons. The van der Waals surface area contributed by atoms with Gasteiger partial charge in [-0.1, -0.05) is 158 Å². The highest BCUT2D eigenvalue weighted by molar-refractivity contribution is 6.15. The molecule has 0 saturated heterocycles. The lowest BCUT2D eigenvalue weighted by Crippen LogP contribution is -1.95. The van der Waals surface area contributed by atoms with Crippen molar-refractivity contribution in [2.75, 3.05) is 0 Å². The number of nitrogens with zero attached hydrogens (tertiary/aromatic N) is 2. The van der Waals surface area contributed by atoms with Gasteiger partial charge in [-0.3, -0.25) is 0 Å². The first-order valence-corrected chi connectivity index (χ1v) is 18.7. The van der Waals surface area contributed by atoms with Crippen LogP contribution in [0, 0.1) is 0 Å². The maximum absolute atomic E-state index is 9.88.